The molecule has 0 N–H and O–H groups in total. The lowest BCUT2D eigenvalue weighted by Crippen LogP contribution is -2.39. The number of aromatic nitrogens is 3. The standard InChI is InChI=1S/C18H25N5O/c1-6-23(7-2)16(24)12-22(5)18-13(3)14(4)20-17(21-18)15-9-8-10-19-11-15/h8-11H,6-7,12H2,1-5H3. The summed E-state index contributed by atoms with van der Waals surface area (Å²) < 4.78 is 0. The maximum Gasteiger partial charge on any atom is 0.242 e. The largest absolute Gasteiger partial charge is 0.350 e. The number of likely N-dealkylation sites (N-methyl/N-ethyl adjacent to an activating group) is 2. The molecule has 0 unspecified atom stereocenters. The minimum Gasteiger partial charge on any atom is -0.350 e. The lowest BCUT2D eigenvalue weighted by molar-refractivity contribution is -0.129. The summed E-state index contributed by atoms with van der Waals surface area (Å²) in [5.74, 6) is 1.51. The molecular weight excluding hydrogens is 302 g/mol. The Hall–Kier alpha value is -2.50. The van der Waals surface area contributed by atoms with Gasteiger partial charge in [0, 0.05) is 49.4 Å². The highest BCUT2D eigenvalue weighted by Gasteiger charge is 2.17. The summed E-state index contributed by atoms with van der Waals surface area (Å²) in [6, 6.07) is 3.79. The Kier molecular flexibility index (Phi) is 5.84. The maximum absolute atomic E-state index is 12.4. The average Bonchev–Trinajstić information content (AvgIpc) is 2.58. The van der Waals surface area contributed by atoms with Gasteiger partial charge in [-0.15, -0.1) is 0 Å². The third-order valence-electron chi connectivity index (χ3n) is 4.13. The van der Waals surface area contributed by atoms with Crippen LogP contribution in [0.1, 0.15) is 25.1 Å². The van der Waals surface area contributed by atoms with Crippen LogP contribution in [0.2, 0.25) is 0 Å². The highest BCUT2D eigenvalue weighted by molar-refractivity contribution is 5.81. The first kappa shape index (κ1) is 17.8. The minimum atomic E-state index is 0.0982. The van der Waals surface area contributed by atoms with E-state index in [1.54, 1.807) is 12.4 Å². The second kappa shape index (κ2) is 7.86. The fourth-order valence-corrected chi connectivity index (χ4v) is 2.56. The highest BCUT2D eigenvalue weighted by atomic mass is 16.2. The average molecular weight is 327 g/mol. The van der Waals surface area contributed by atoms with Gasteiger partial charge in [-0.2, -0.15) is 0 Å². The van der Waals surface area contributed by atoms with E-state index in [0.29, 0.717) is 25.5 Å². The number of hydrogen-bond acceptors (Lipinski definition) is 5. The molecule has 0 spiro atoms. The zero-order valence-electron chi connectivity index (χ0n) is 15.1. The fraction of sp³-hybridized carbons (Fsp3) is 0.444. The van der Waals surface area contributed by atoms with Gasteiger partial charge in [0.2, 0.25) is 5.91 Å². The summed E-state index contributed by atoms with van der Waals surface area (Å²) >= 11 is 0. The Balaban J connectivity index is 2.32. The molecule has 0 aliphatic heterocycles. The molecule has 6 heteroatoms. The van der Waals surface area contributed by atoms with Gasteiger partial charge in [-0.05, 0) is 39.8 Å². The quantitative estimate of drug-likeness (QED) is 0.815. The van der Waals surface area contributed by atoms with Crippen LogP contribution in [0.5, 0.6) is 0 Å². The Morgan fingerprint density at radius 3 is 2.46 bits per heavy atom. The number of anilines is 1. The first-order valence-corrected chi connectivity index (χ1v) is 8.22. The van der Waals surface area contributed by atoms with Crippen molar-refractivity contribution in [1.29, 1.82) is 0 Å². The van der Waals surface area contributed by atoms with Gasteiger partial charge in [0.05, 0.1) is 6.54 Å². The van der Waals surface area contributed by atoms with Crippen LogP contribution in [-0.2, 0) is 4.79 Å². The molecule has 128 valence electrons. The zero-order valence-corrected chi connectivity index (χ0v) is 15.1. The Morgan fingerprint density at radius 1 is 1.17 bits per heavy atom. The van der Waals surface area contributed by atoms with Crippen molar-refractivity contribution in [2.45, 2.75) is 27.7 Å². The number of carbonyl (C=O) groups is 1. The van der Waals surface area contributed by atoms with E-state index in [-0.39, 0.29) is 5.91 Å². The van der Waals surface area contributed by atoms with Crippen molar-refractivity contribution >= 4 is 11.7 Å². The molecule has 2 rings (SSSR count). The van der Waals surface area contributed by atoms with E-state index in [2.05, 4.69) is 15.0 Å². The van der Waals surface area contributed by atoms with Gasteiger partial charge >= 0.3 is 0 Å². The Bertz CT molecular complexity index is 698. The van der Waals surface area contributed by atoms with Crippen molar-refractivity contribution in [3.63, 3.8) is 0 Å². The topological polar surface area (TPSA) is 62.2 Å². The van der Waals surface area contributed by atoms with Crippen LogP contribution in [0.25, 0.3) is 11.4 Å². The number of nitrogens with zero attached hydrogens (tertiary/aromatic N) is 5. The third-order valence-corrected chi connectivity index (χ3v) is 4.13. The SMILES string of the molecule is CCN(CC)C(=O)CN(C)c1nc(-c2cccnc2)nc(C)c1C. The molecule has 2 aromatic rings. The summed E-state index contributed by atoms with van der Waals surface area (Å²) in [5, 5.41) is 0. The fourth-order valence-electron chi connectivity index (χ4n) is 2.56. The van der Waals surface area contributed by atoms with E-state index >= 15 is 0 Å². The van der Waals surface area contributed by atoms with Crippen LogP contribution in [0.4, 0.5) is 5.82 Å². The number of pyridine rings is 1. The predicted molar refractivity (Wildman–Crippen MR) is 95.9 cm³/mol. The highest BCUT2D eigenvalue weighted by Crippen LogP contribution is 2.23. The number of amides is 1. The molecule has 0 radical (unpaired) electrons. The maximum atomic E-state index is 12.4. The molecule has 2 aromatic heterocycles. The summed E-state index contributed by atoms with van der Waals surface area (Å²) in [5.41, 5.74) is 2.75. The zero-order chi connectivity index (χ0) is 17.7. The molecule has 0 saturated heterocycles. The number of carbonyl (C=O) groups excluding carboxylic acids is 1. The molecule has 0 aliphatic rings. The van der Waals surface area contributed by atoms with Crippen molar-refractivity contribution < 1.29 is 4.79 Å². The first-order valence-electron chi connectivity index (χ1n) is 8.22. The summed E-state index contributed by atoms with van der Waals surface area (Å²) in [6.45, 7) is 9.64. The molecule has 0 atom stereocenters. The first-order chi connectivity index (χ1) is 11.5. The Labute approximate surface area is 143 Å². The molecular formula is C18H25N5O. The Morgan fingerprint density at radius 2 is 1.88 bits per heavy atom. The van der Waals surface area contributed by atoms with E-state index in [1.807, 2.05) is 56.7 Å². The van der Waals surface area contributed by atoms with Gasteiger partial charge in [-0.3, -0.25) is 9.78 Å². The summed E-state index contributed by atoms with van der Waals surface area (Å²) in [4.78, 5) is 29.4. The van der Waals surface area contributed by atoms with E-state index < -0.39 is 0 Å². The van der Waals surface area contributed by atoms with Gasteiger partial charge in [0.1, 0.15) is 5.82 Å². The van der Waals surface area contributed by atoms with Gasteiger partial charge in [-0.1, -0.05) is 0 Å². The summed E-state index contributed by atoms with van der Waals surface area (Å²) in [6.07, 6.45) is 3.47. The summed E-state index contributed by atoms with van der Waals surface area (Å²) in [7, 11) is 1.89. The van der Waals surface area contributed by atoms with E-state index in [1.165, 1.54) is 0 Å². The normalized spacial score (nSPS) is 10.5. The van der Waals surface area contributed by atoms with Crippen molar-refractivity contribution in [2.75, 3.05) is 31.6 Å². The lowest BCUT2D eigenvalue weighted by atomic mass is 10.2. The van der Waals surface area contributed by atoms with Gasteiger partial charge < -0.3 is 9.80 Å². The smallest absolute Gasteiger partial charge is 0.242 e. The van der Waals surface area contributed by atoms with Crippen LogP contribution in [-0.4, -0.2) is 52.4 Å². The van der Waals surface area contributed by atoms with Gasteiger partial charge in [-0.25, -0.2) is 9.97 Å². The van der Waals surface area contributed by atoms with Crippen LogP contribution in [0, 0.1) is 13.8 Å². The number of rotatable bonds is 6. The molecule has 0 saturated carbocycles. The third kappa shape index (κ3) is 3.88. The molecule has 2 heterocycles. The van der Waals surface area contributed by atoms with Crippen molar-refractivity contribution in [3.05, 3.63) is 35.8 Å². The molecule has 1 amide bonds. The molecule has 24 heavy (non-hydrogen) atoms. The molecule has 6 nitrogen and oxygen atoms in total. The molecule has 0 aliphatic carbocycles. The van der Waals surface area contributed by atoms with Crippen LogP contribution in [0.3, 0.4) is 0 Å². The minimum absolute atomic E-state index is 0.0982. The molecule has 0 aromatic carbocycles. The second-order valence-electron chi connectivity index (χ2n) is 5.75. The van der Waals surface area contributed by atoms with E-state index in [0.717, 1.165) is 22.6 Å². The van der Waals surface area contributed by atoms with Crippen molar-refractivity contribution in [2.24, 2.45) is 0 Å². The number of aryl methyl sites for hydroxylation is 1. The van der Waals surface area contributed by atoms with Crippen molar-refractivity contribution in [1.82, 2.24) is 19.9 Å². The second-order valence-corrected chi connectivity index (χ2v) is 5.75. The van der Waals surface area contributed by atoms with Crippen LogP contribution in [0.15, 0.2) is 24.5 Å². The van der Waals surface area contributed by atoms with Crippen LogP contribution < -0.4 is 4.90 Å². The molecule has 0 bridgehead atoms. The monoisotopic (exact) mass is 327 g/mol. The van der Waals surface area contributed by atoms with E-state index in [4.69, 9.17) is 0 Å². The number of hydrogen-bond donors (Lipinski definition) is 0. The van der Waals surface area contributed by atoms with Crippen LogP contribution >= 0.6 is 0 Å². The van der Waals surface area contributed by atoms with Crippen molar-refractivity contribution in [3.8, 4) is 11.4 Å². The molecule has 0 fully saturated rings. The van der Waals surface area contributed by atoms with Gasteiger partial charge in [0.15, 0.2) is 5.82 Å². The predicted octanol–water partition coefficient (Wildman–Crippen LogP) is 2.46. The lowest BCUT2D eigenvalue weighted by Gasteiger charge is -2.25. The van der Waals surface area contributed by atoms with E-state index in [9.17, 15) is 4.79 Å². The van der Waals surface area contributed by atoms with Gasteiger partial charge in [0.25, 0.3) is 0 Å².